The first kappa shape index (κ1) is 24.8. The van der Waals surface area contributed by atoms with E-state index in [0.29, 0.717) is 30.5 Å². The van der Waals surface area contributed by atoms with E-state index in [9.17, 15) is 0 Å². The van der Waals surface area contributed by atoms with Crippen molar-refractivity contribution in [2.75, 3.05) is 53.5 Å². The zero-order valence-corrected chi connectivity index (χ0v) is 19.8. The molecular formula is C25H37NO5. The molecule has 6 nitrogen and oxygen atoms in total. The summed E-state index contributed by atoms with van der Waals surface area (Å²) in [5, 5.41) is 0. The van der Waals surface area contributed by atoms with Gasteiger partial charge < -0.3 is 28.6 Å². The Bertz CT molecular complexity index is 748. The fourth-order valence-electron chi connectivity index (χ4n) is 3.54. The van der Waals surface area contributed by atoms with Gasteiger partial charge in [0.25, 0.3) is 0 Å². The molecule has 1 heterocycles. The molecule has 6 heteroatoms. The number of ether oxygens (including phenoxy) is 5. The summed E-state index contributed by atoms with van der Waals surface area (Å²) in [6.45, 7) is 3.38. The molecule has 2 aromatic rings. The van der Waals surface area contributed by atoms with Gasteiger partial charge in [-0.15, -0.1) is 0 Å². The number of unbranched alkanes of at least 4 members (excludes halogenated alkanes) is 2. The molecule has 0 spiro atoms. The topological polar surface area (TPSA) is 49.4 Å². The van der Waals surface area contributed by atoms with Gasteiger partial charge in [0.05, 0.1) is 34.5 Å². The van der Waals surface area contributed by atoms with E-state index < -0.39 is 5.79 Å². The Balaban J connectivity index is 0.000000316. The van der Waals surface area contributed by atoms with Gasteiger partial charge in [0.2, 0.25) is 5.75 Å². The molecule has 0 saturated carbocycles. The number of nitrogens with zero attached hydrogens (tertiary/aromatic N) is 1. The number of hydrogen-bond donors (Lipinski definition) is 0. The zero-order chi connectivity index (χ0) is 22.7. The van der Waals surface area contributed by atoms with Crippen molar-refractivity contribution in [3.8, 4) is 17.2 Å². The molecule has 1 aliphatic rings. The largest absolute Gasteiger partial charge is 0.493 e. The summed E-state index contributed by atoms with van der Waals surface area (Å²) in [6.07, 6.45) is 4.18. The molecule has 0 unspecified atom stereocenters. The van der Waals surface area contributed by atoms with Crippen molar-refractivity contribution >= 4 is 5.69 Å². The molecule has 1 saturated heterocycles. The van der Waals surface area contributed by atoms with Gasteiger partial charge in [0.1, 0.15) is 0 Å². The number of hydrogen-bond acceptors (Lipinski definition) is 6. The average Bonchev–Trinajstić information content (AvgIpc) is 3.29. The number of rotatable bonds is 9. The maximum absolute atomic E-state index is 5.97. The molecule has 0 N–H and O–H groups in total. The van der Waals surface area contributed by atoms with Crippen molar-refractivity contribution in [3.63, 3.8) is 0 Å². The Labute approximate surface area is 187 Å². The van der Waals surface area contributed by atoms with E-state index in [4.69, 9.17) is 23.7 Å². The van der Waals surface area contributed by atoms with Crippen LogP contribution in [0.2, 0.25) is 0 Å². The van der Waals surface area contributed by atoms with Crippen LogP contribution in [0.25, 0.3) is 0 Å². The van der Waals surface area contributed by atoms with E-state index in [1.54, 1.807) is 21.3 Å². The number of anilines is 1. The van der Waals surface area contributed by atoms with E-state index in [1.807, 2.05) is 44.4 Å². The summed E-state index contributed by atoms with van der Waals surface area (Å²) in [7, 11) is 8.90. The normalized spacial score (nSPS) is 14.4. The van der Waals surface area contributed by atoms with E-state index in [-0.39, 0.29) is 0 Å². The molecule has 0 atom stereocenters. The predicted molar refractivity (Wildman–Crippen MR) is 125 cm³/mol. The lowest BCUT2D eigenvalue weighted by Gasteiger charge is -2.29. The average molecular weight is 432 g/mol. The molecule has 172 valence electrons. The standard InChI is InChI=1S/C17H26O5.C8H11N/c1-5-6-7-8-17(21-9-10-22-17)13-11-14(18-2)16(20-4)15(12-13)19-3;1-9(2)8-6-4-3-5-7-8/h11-12H,5-10H2,1-4H3;3-7H,1-2H3. The lowest BCUT2D eigenvalue weighted by atomic mass is 9.98. The highest BCUT2D eigenvalue weighted by Crippen LogP contribution is 2.45. The Morgan fingerprint density at radius 3 is 1.87 bits per heavy atom. The quantitative estimate of drug-likeness (QED) is 0.506. The van der Waals surface area contributed by atoms with Crippen LogP contribution < -0.4 is 19.1 Å². The van der Waals surface area contributed by atoms with Crippen LogP contribution >= 0.6 is 0 Å². The molecular weight excluding hydrogens is 394 g/mol. The summed E-state index contributed by atoms with van der Waals surface area (Å²) in [5.41, 5.74) is 2.16. The van der Waals surface area contributed by atoms with Gasteiger partial charge in [-0.25, -0.2) is 0 Å². The van der Waals surface area contributed by atoms with E-state index in [1.165, 1.54) is 5.69 Å². The van der Waals surface area contributed by atoms with Crippen LogP contribution in [0, 0.1) is 0 Å². The fraction of sp³-hybridized carbons (Fsp3) is 0.520. The van der Waals surface area contributed by atoms with Gasteiger partial charge in [-0.1, -0.05) is 38.0 Å². The number of methoxy groups -OCH3 is 3. The van der Waals surface area contributed by atoms with Crippen molar-refractivity contribution in [1.82, 2.24) is 0 Å². The Hall–Kier alpha value is -2.44. The molecule has 31 heavy (non-hydrogen) atoms. The molecule has 3 rings (SSSR count). The first-order chi connectivity index (χ1) is 15.0. The van der Waals surface area contributed by atoms with Crippen LogP contribution in [-0.2, 0) is 15.3 Å². The fourth-order valence-corrected chi connectivity index (χ4v) is 3.54. The van der Waals surface area contributed by atoms with Crippen LogP contribution in [0.4, 0.5) is 5.69 Å². The van der Waals surface area contributed by atoms with Gasteiger partial charge in [-0.05, 0) is 30.7 Å². The van der Waals surface area contributed by atoms with E-state index in [2.05, 4.69) is 24.0 Å². The van der Waals surface area contributed by atoms with Crippen molar-refractivity contribution in [1.29, 1.82) is 0 Å². The lowest BCUT2D eigenvalue weighted by molar-refractivity contribution is -0.171. The van der Waals surface area contributed by atoms with Crippen molar-refractivity contribution in [2.45, 2.75) is 38.4 Å². The minimum Gasteiger partial charge on any atom is -0.493 e. The van der Waals surface area contributed by atoms with E-state index in [0.717, 1.165) is 31.2 Å². The first-order valence-electron chi connectivity index (χ1n) is 10.8. The van der Waals surface area contributed by atoms with Crippen LogP contribution in [0.1, 0.15) is 38.2 Å². The van der Waals surface area contributed by atoms with Crippen LogP contribution in [0.3, 0.4) is 0 Å². The molecule has 0 bridgehead atoms. The van der Waals surface area contributed by atoms with Gasteiger partial charge in [0, 0.05) is 31.8 Å². The molecule has 0 radical (unpaired) electrons. The van der Waals surface area contributed by atoms with Crippen LogP contribution in [-0.4, -0.2) is 48.6 Å². The minimum atomic E-state index is -0.706. The molecule has 0 aliphatic carbocycles. The second kappa shape index (κ2) is 12.4. The highest BCUT2D eigenvalue weighted by molar-refractivity contribution is 5.54. The smallest absolute Gasteiger partial charge is 0.203 e. The lowest BCUT2D eigenvalue weighted by Crippen LogP contribution is -2.27. The number of para-hydroxylation sites is 1. The Morgan fingerprint density at radius 1 is 0.871 bits per heavy atom. The molecule has 0 amide bonds. The third-order valence-electron chi connectivity index (χ3n) is 5.24. The summed E-state index contributed by atoms with van der Waals surface area (Å²) in [4.78, 5) is 2.08. The Morgan fingerprint density at radius 2 is 1.45 bits per heavy atom. The monoisotopic (exact) mass is 431 g/mol. The van der Waals surface area contributed by atoms with Crippen molar-refractivity contribution in [2.24, 2.45) is 0 Å². The highest BCUT2D eigenvalue weighted by atomic mass is 16.7. The first-order valence-corrected chi connectivity index (χ1v) is 10.8. The number of benzene rings is 2. The van der Waals surface area contributed by atoms with Crippen molar-refractivity contribution < 1.29 is 23.7 Å². The molecule has 2 aromatic carbocycles. The third-order valence-corrected chi connectivity index (χ3v) is 5.24. The summed E-state index contributed by atoms with van der Waals surface area (Å²) >= 11 is 0. The van der Waals surface area contributed by atoms with Gasteiger partial charge >= 0.3 is 0 Å². The molecule has 1 fully saturated rings. The molecule has 1 aliphatic heterocycles. The Kier molecular flexibility index (Phi) is 9.95. The maximum atomic E-state index is 5.97. The molecule has 0 aromatic heterocycles. The summed E-state index contributed by atoms with van der Waals surface area (Å²) in [5.74, 6) is 1.11. The van der Waals surface area contributed by atoms with Gasteiger partial charge in [-0.2, -0.15) is 0 Å². The summed E-state index contributed by atoms with van der Waals surface area (Å²) < 4.78 is 28.2. The van der Waals surface area contributed by atoms with E-state index >= 15 is 0 Å². The van der Waals surface area contributed by atoms with Gasteiger partial charge in [-0.3, -0.25) is 0 Å². The van der Waals surface area contributed by atoms with Crippen LogP contribution in [0.15, 0.2) is 42.5 Å². The SMILES string of the molecule is CCCCCC1(c2cc(OC)c(OC)c(OC)c2)OCCO1.CN(C)c1ccccc1. The highest BCUT2D eigenvalue weighted by Gasteiger charge is 2.39. The minimum absolute atomic E-state index is 0.579. The summed E-state index contributed by atoms with van der Waals surface area (Å²) in [6, 6.07) is 14.1. The predicted octanol–water partition coefficient (Wildman–Crippen LogP) is 5.24. The van der Waals surface area contributed by atoms with Crippen molar-refractivity contribution in [3.05, 3.63) is 48.0 Å². The second-order valence-electron chi connectivity index (χ2n) is 7.55. The van der Waals surface area contributed by atoms with Gasteiger partial charge in [0.15, 0.2) is 17.3 Å². The van der Waals surface area contributed by atoms with Crippen LogP contribution in [0.5, 0.6) is 17.2 Å². The third kappa shape index (κ3) is 6.52. The second-order valence-corrected chi connectivity index (χ2v) is 7.55. The zero-order valence-electron chi connectivity index (χ0n) is 19.8. The maximum Gasteiger partial charge on any atom is 0.203 e.